The summed E-state index contributed by atoms with van der Waals surface area (Å²) in [7, 11) is 3.24. The number of hydrogen-bond donors (Lipinski definition) is 2. The number of amides is 2. The van der Waals surface area contributed by atoms with Gasteiger partial charge in [0.15, 0.2) is 0 Å². The maximum atomic E-state index is 13.5. The largest absolute Gasteiger partial charge is 0.392 e. The topological polar surface area (TPSA) is 112 Å². The molecule has 204 valence electrons. The number of aliphatic hydroxyl groups excluding tert-OH is 1. The molecule has 0 aromatic heterocycles. The van der Waals surface area contributed by atoms with Crippen molar-refractivity contribution >= 4 is 11.8 Å². The van der Waals surface area contributed by atoms with Crippen LogP contribution in [0.25, 0.3) is 0 Å². The zero-order chi connectivity index (χ0) is 27.2. The quantitative estimate of drug-likeness (QED) is 0.497. The van der Waals surface area contributed by atoms with E-state index in [1.54, 1.807) is 43.4 Å². The Morgan fingerprint density at radius 3 is 2.32 bits per heavy atom. The number of methoxy groups -OCH3 is 2. The molecule has 0 bridgehead atoms. The van der Waals surface area contributed by atoms with Crippen molar-refractivity contribution in [3.63, 3.8) is 0 Å². The van der Waals surface area contributed by atoms with E-state index in [1.807, 2.05) is 6.92 Å². The Kier molecular flexibility index (Phi) is 10.1. The standard InChI is InChI=1S/C29H43N3O5/c1-19(28(35)32(14-16-36-4)15-17-37-5)23-10-12-29(3)13-11-24(20(2)25(29)26(23)33)31-27(34)22-8-6-21(18-30)7-9-22/h6-9,19-20,23-26,33H,10-17H2,1-5H3,(H,31,34). The number of hydrogen-bond acceptors (Lipinski definition) is 6. The predicted octanol–water partition coefficient (Wildman–Crippen LogP) is 3.24. The van der Waals surface area contributed by atoms with Gasteiger partial charge in [-0.05, 0) is 73.1 Å². The lowest BCUT2D eigenvalue weighted by atomic mass is 9.51. The number of fused-ring (bicyclic) bond motifs is 1. The highest BCUT2D eigenvalue weighted by Crippen LogP contribution is 2.55. The molecular weight excluding hydrogens is 470 g/mol. The van der Waals surface area contributed by atoms with Gasteiger partial charge in [0, 0.05) is 44.8 Å². The maximum Gasteiger partial charge on any atom is 0.251 e. The third kappa shape index (κ3) is 6.51. The molecule has 0 saturated heterocycles. The van der Waals surface area contributed by atoms with Crippen molar-refractivity contribution in [2.45, 2.75) is 58.6 Å². The van der Waals surface area contributed by atoms with Gasteiger partial charge in [-0.15, -0.1) is 0 Å². The van der Waals surface area contributed by atoms with Gasteiger partial charge < -0.3 is 24.8 Å². The van der Waals surface area contributed by atoms with Crippen LogP contribution in [0.15, 0.2) is 24.3 Å². The molecule has 3 rings (SSSR count). The maximum absolute atomic E-state index is 13.5. The smallest absolute Gasteiger partial charge is 0.251 e. The van der Waals surface area contributed by atoms with Crippen LogP contribution in [-0.2, 0) is 14.3 Å². The average molecular weight is 514 g/mol. The molecule has 8 heteroatoms. The molecule has 0 heterocycles. The number of aliphatic hydroxyl groups is 1. The molecule has 2 aliphatic rings. The van der Waals surface area contributed by atoms with Gasteiger partial charge in [-0.3, -0.25) is 9.59 Å². The molecule has 2 N–H and O–H groups in total. The third-order valence-electron chi connectivity index (χ3n) is 8.95. The number of carbonyl (C=O) groups is 2. The highest BCUT2D eigenvalue weighted by molar-refractivity contribution is 5.94. The summed E-state index contributed by atoms with van der Waals surface area (Å²) in [6, 6.07) is 8.63. The second-order valence-corrected chi connectivity index (χ2v) is 11.1. The Labute approximate surface area is 221 Å². The Morgan fingerprint density at radius 2 is 1.76 bits per heavy atom. The molecule has 0 aliphatic heterocycles. The van der Waals surface area contributed by atoms with Gasteiger partial charge in [-0.2, -0.15) is 5.26 Å². The lowest BCUT2D eigenvalue weighted by Crippen LogP contribution is -2.58. The molecule has 8 nitrogen and oxygen atoms in total. The zero-order valence-electron chi connectivity index (χ0n) is 22.9. The fraction of sp³-hybridized carbons (Fsp3) is 0.690. The summed E-state index contributed by atoms with van der Waals surface area (Å²) in [6.45, 7) is 8.19. The van der Waals surface area contributed by atoms with Crippen molar-refractivity contribution in [1.82, 2.24) is 10.2 Å². The number of nitrogens with one attached hydrogen (secondary N) is 1. The van der Waals surface area contributed by atoms with E-state index in [0.29, 0.717) is 37.4 Å². The molecule has 2 aliphatic carbocycles. The van der Waals surface area contributed by atoms with Crippen LogP contribution in [0.3, 0.4) is 0 Å². The van der Waals surface area contributed by atoms with Crippen LogP contribution in [0.1, 0.15) is 62.4 Å². The van der Waals surface area contributed by atoms with Crippen molar-refractivity contribution in [3.05, 3.63) is 35.4 Å². The summed E-state index contributed by atoms with van der Waals surface area (Å²) in [5.41, 5.74) is 1.01. The lowest BCUT2D eigenvalue weighted by Gasteiger charge is -2.56. The number of nitriles is 1. The highest BCUT2D eigenvalue weighted by atomic mass is 16.5. The molecule has 37 heavy (non-hydrogen) atoms. The highest BCUT2D eigenvalue weighted by Gasteiger charge is 2.54. The van der Waals surface area contributed by atoms with Crippen molar-refractivity contribution in [2.24, 2.45) is 29.1 Å². The summed E-state index contributed by atoms with van der Waals surface area (Å²) in [5, 5.41) is 23.9. The van der Waals surface area contributed by atoms with E-state index in [9.17, 15) is 14.7 Å². The molecule has 2 fully saturated rings. The molecule has 0 spiro atoms. The average Bonchev–Trinajstić information content (AvgIpc) is 2.90. The monoisotopic (exact) mass is 513 g/mol. The molecule has 2 saturated carbocycles. The van der Waals surface area contributed by atoms with Crippen LogP contribution in [0.2, 0.25) is 0 Å². The minimum atomic E-state index is -0.631. The van der Waals surface area contributed by atoms with Crippen LogP contribution in [-0.4, -0.2) is 74.5 Å². The van der Waals surface area contributed by atoms with Crippen molar-refractivity contribution < 1.29 is 24.2 Å². The van der Waals surface area contributed by atoms with E-state index in [1.165, 1.54) is 0 Å². The molecule has 0 radical (unpaired) electrons. The van der Waals surface area contributed by atoms with E-state index in [0.717, 1.165) is 25.7 Å². The number of carbonyl (C=O) groups excluding carboxylic acids is 2. The first kappa shape index (κ1) is 29.1. The van der Waals surface area contributed by atoms with Gasteiger partial charge in [0.25, 0.3) is 5.91 Å². The van der Waals surface area contributed by atoms with Gasteiger partial charge in [-0.1, -0.05) is 20.8 Å². The summed E-state index contributed by atoms with van der Waals surface area (Å²) < 4.78 is 10.4. The van der Waals surface area contributed by atoms with Crippen molar-refractivity contribution in [1.29, 1.82) is 5.26 Å². The first-order chi connectivity index (χ1) is 17.7. The Hall–Kier alpha value is -2.47. The fourth-order valence-corrected chi connectivity index (χ4v) is 6.65. The summed E-state index contributed by atoms with van der Waals surface area (Å²) in [4.78, 5) is 28.2. The van der Waals surface area contributed by atoms with E-state index >= 15 is 0 Å². The summed E-state index contributed by atoms with van der Waals surface area (Å²) >= 11 is 0. The fourth-order valence-electron chi connectivity index (χ4n) is 6.65. The number of nitrogens with zero attached hydrogens (tertiary/aromatic N) is 2. The number of ether oxygens (including phenoxy) is 2. The summed E-state index contributed by atoms with van der Waals surface area (Å²) in [6.07, 6.45) is 2.89. The second-order valence-electron chi connectivity index (χ2n) is 11.1. The van der Waals surface area contributed by atoms with Crippen LogP contribution < -0.4 is 5.32 Å². The van der Waals surface area contributed by atoms with Crippen LogP contribution >= 0.6 is 0 Å². The van der Waals surface area contributed by atoms with Crippen molar-refractivity contribution in [3.8, 4) is 6.07 Å². The Morgan fingerprint density at radius 1 is 1.16 bits per heavy atom. The minimum Gasteiger partial charge on any atom is -0.392 e. The SMILES string of the molecule is COCCN(CCOC)C(=O)C(C)C1CCC2(C)CCC(NC(=O)c3ccc(C#N)cc3)C(C)C2C1O. The summed E-state index contributed by atoms with van der Waals surface area (Å²) in [5.74, 6) is -0.576. The van der Waals surface area contributed by atoms with Crippen LogP contribution in [0, 0.1) is 40.4 Å². The van der Waals surface area contributed by atoms with E-state index < -0.39 is 6.10 Å². The Bertz CT molecular complexity index is 953. The van der Waals surface area contributed by atoms with E-state index in [-0.39, 0.29) is 46.9 Å². The van der Waals surface area contributed by atoms with Gasteiger partial charge >= 0.3 is 0 Å². The lowest BCUT2D eigenvalue weighted by molar-refractivity contribution is -0.151. The van der Waals surface area contributed by atoms with E-state index in [2.05, 4.69) is 25.2 Å². The minimum absolute atomic E-state index is 0.0204. The third-order valence-corrected chi connectivity index (χ3v) is 8.95. The first-order valence-corrected chi connectivity index (χ1v) is 13.4. The molecule has 7 unspecified atom stereocenters. The molecule has 2 amide bonds. The second kappa shape index (κ2) is 12.9. The normalized spacial score (nSPS) is 30.0. The molecule has 1 aromatic rings. The zero-order valence-corrected chi connectivity index (χ0v) is 22.9. The predicted molar refractivity (Wildman–Crippen MR) is 141 cm³/mol. The van der Waals surface area contributed by atoms with Crippen LogP contribution in [0.5, 0.6) is 0 Å². The molecule has 1 aromatic carbocycles. The van der Waals surface area contributed by atoms with Gasteiger partial charge in [0.2, 0.25) is 5.91 Å². The molecular formula is C29H43N3O5. The Balaban J connectivity index is 1.72. The van der Waals surface area contributed by atoms with Gasteiger partial charge in [0.05, 0.1) is 31.0 Å². The van der Waals surface area contributed by atoms with E-state index in [4.69, 9.17) is 14.7 Å². The van der Waals surface area contributed by atoms with Crippen LogP contribution in [0.4, 0.5) is 0 Å². The number of benzene rings is 1. The van der Waals surface area contributed by atoms with Gasteiger partial charge in [0.1, 0.15) is 0 Å². The van der Waals surface area contributed by atoms with Crippen molar-refractivity contribution in [2.75, 3.05) is 40.5 Å². The first-order valence-electron chi connectivity index (χ1n) is 13.4. The number of rotatable bonds is 10. The molecule has 7 atom stereocenters. The van der Waals surface area contributed by atoms with Gasteiger partial charge in [-0.25, -0.2) is 0 Å².